The molecule has 1 aromatic heterocycles. The van der Waals surface area contributed by atoms with Gasteiger partial charge in [0.25, 0.3) is 0 Å². The second kappa shape index (κ2) is 9.74. The highest BCUT2D eigenvalue weighted by Crippen LogP contribution is 2.42. The number of hydrogen-bond acceptors (Lipinski definition) is 7. The fourth-order valence-corrected chi connectivity index (χ4v) is 4.94. The molecule has 2 aromatic rings. The quantitative estimate of drug-likeness (QED) is 0.492. The summed E-state index contributed by atoms with van der Waals surface area (Å²) in [5.41, 5.74) is 1.65. The highest BCUT2D eigenvalue weighted by Gasteiger charge is 2.34. The number of carbonyl (C=O) groups is 2. The van der Waals surface area contributed by atoms with E-state index < -0.39 is 11.8 Å². The third kappa shape index (κ3) is 4.64. The van der Waals surface area contributed by atoms with Crippen LogP contribution in [-0.2, 0) is 9.53 Å². The highest BCUT2D eigenvalue weighted by atomic mass is 32.2. The molecule has 2 heterocycles. The minimum Gasteiger partial charge on any atom is -0.461 e. The molecule has 0 saturated heterocycles. The van der Waals surface area contributed by atoms with Crippen molar-refractivity contribution >= 4 is 34.9 Å². The summed E-state index contributed by atoms with van der Waals surface area (Å²) in [5.74, 6) is -1.47. The lowest BCUT2D eigenvalue weighted by molar-refractivity contribution is -0.138. The Hall–Kier alpha value is -2.89. The van der Waals surface area contributed by atoms with Crippen molar-refractivity contribution in [3.8, 4) is 6.07 Å². The molecule has 1 aliphatic rings. The van der Waals surface area contributed by atoms with E-state index >= 15 is 0 Å². The third-order valence-electron chi connectivity index (χ3n) is 4.53. The lowest BCUT2D eigenvalue weighted by Crippen LogP contribution is -2.30. The van der Waals surface area contributed by atoms with Gasteiger partial charge in [0.05, 0.1) is 34.9 Å². The van der Waals surface area contributed by atoms with Gasteiger partial charge in [-0.3, -0.25) is 4.79 Å². The maximum absolute atomic E-state index is 13.1. The summed E-state index contributed by atoms with van der Waals surface area (Å²) in [6, 6.07) is 11.3. The van der Waals surface area contributed by atoms with Crippen LogP contribution in [0.4, 0.5) is 4.39 Å². The molecule has 3 rings (SSSR count). The van der Waals surface area contributed by atoms with Crippen molar-refractivity contribution in [2.24, 2.45) is 0 Å². The lowest BCUT2D eigenvalue weighted by atomic mass is 9.88. The Morgan fingerprint density at radius 3 is 2.63 bits per heavy atom. The summed E-state index contributed by atoms with van der Waals surface area (Å²) in [4.78, 5) is 25.9. The molecule has 0 saturated carbocycles. The molecule has 0 bridgehead atoms. The largest absolute Gasteiger partial charge is 0.461 e. The average Bonchev–Trinajstić information content (AvgIpc) is 3.27. The molecule has 0 fully saturated rings. The number of rotatable bonds is 7. The zero-order valence-electron chi connectivity index (χ0n) is 16.4. The minimum atomic E-state index is -0.605. The number of dihydropyridines is 1. The van der Waals surface area contributed by atoms with Crippen LogP contribution in [0.1, 0.15) is 35.0 Å². The van der Waals surface area contributed by atoms with E-state index in [1.165, 1.54) is 47.4 Å². The zero-order valence-corrected chi connectivity index (χ0v) is 18.0. The van der Waals surface area contributed by atoms with E-state index in [9.17, 15) is 19.2 Å². The van der Waals surface area contributed by atoms with E-state index in [1.807, 2.05) is 24.4 Å². The summed E-state index contributed by atoms with van der Waals surface area (Å²) in [6.07, 6.45) is 0. The Balaban J connectivity index is 1.90. The number of halogens is 1. The van der Waals surface area contributed by atoms with Gasteiger partial charge in [0.1, 0.15) is 11.5 Å². The normalized spacial score (nSPS) is 16.1. The number of allylic oxidation sites excluding steroid dienone is 2. The fraction of sp³-hybridized carbons (Fsp3) is 0.227. The van der Waals surface area contributed by atoms with Crippen molar-refractivity contribution in [3.63, 3.8) is 0 Å². The zero-order chi connectivity index (χ0) is 21.7. The van der Waals surface area contributed by atoms with Crippen molar-refractivity contribution in [2.75, 3.05) is 12.4 Å². The molecular weight excluding hydrogens is 423 g/mol. The van der Waals surface area contributed by atoms with Gasteiger partial charge in [0.15, 0.2) is 5.78 Å². The monoisotopic (exact) mass is 442 g/mol. The predicted octanol–water partition coefficient (Wildman–Crippen LogP) is 4.76. The number of nitrogens with one attached hydrogen (secondary N) is 1. The summed E-state index contributed by atoms with van der Waals surface area (Å²) in [5, 5.41) is 15.3. The Kier molecular flexibility index (Phi) is 7.08. The summed E-state index contributed by atoms with van der Waals surface area (Å²) in [6.45, 7) is 3.75. The van der Waals surface area contributed by atoms with Crippen LogP contribution in [0, 0.1) is 17.1 Å². The minimum absolute atomic E-state index is 0.0973. The molecule has 1 atom stereocenters. The fourth-order valence-electron chi connectivity index (χ4n) is 3.07. The van der Waals surface area contributed by atoms with E-state index in [4.69, 9.17) is 4.74 Å². The Morgan fingerprint density at radius 1 is 1.30 bits per heavy atom. The third-order valence-corrected chi connectivity index (χ3v) is 6.59. The first-order valence-electron chi connectivity index (χ1n) is 9.20. The molecule has 0 spiro atoms. The Morgan fingerprint density at radius 2 is 2.03 bits per heavy atom. The van der Waals surface area contributed by atoms with E-state index in [2.05, 4.69) is 11.4 Å². The Bertz CT molecular complexity index is 1050. The number of carbonyl (C=O) groups excluding carboxylic acids is 2. The van der Waals surface area contributed by atoms with Crippen LogP contribution in [-0.4, -0.2) is 24.1 Å². The van der Waals surface area contributed by atoms with Gasteiger partial charge in [0.2, 0.25) is 0 Å². The molecule has 1 unspecified atom stereocenters. The SMILES string of the molecule is CCOC(=O)C1=C(C#N)C(c2cccs2)C(C)=C(SCC(=O)c2ccc(F)cc2)N1. The van der Waals surface area contributed by atoms with Crippen LogP contribution in [0.3, 0.4) is 0 Å². The Labute approximate surface area is 182 Å². The van der Waals surface area contributed by atoms with E-state index in [0.717, 1.165) is 10.5 Å². The van der Waals surface area contributed by atoms with Gasteiger partial charge in [0, 0.05) is 10.4 Å². The summed E-state index contributed by atoms with van der Waals surface area (Å²) in [7, 11) is 0. The number of nitriles is 1. The molecule has 5 nitrogen and oxygen atoms in total. The van der Waals surface area contributed by atoms with E-state index in [-0.39, 0.29) is 29.8 Å². The van der Waals surface area contributed by atoms with Gasteiger partial charge in [-0.05, 0) is 55.1 Å². The molecule has 1 N–H and O–H groups in total. The van der Waals surface area contributed by atoms with Gasteiger partial charge in [-0.2, -0.15) is 5.26 Å². The van der Waals surface area contributed by atoms with Crippen LogP contribution in [0.2, 0.25) is 0 Å². The summed E-state index contributed by atoms with van der Waals surface area (Å²) < 4.78 is 18.2. The number of thioether (sulfide) groups is 1. The lowest BCUT2D eigenvalue weighted by Gasteiger charge is -2.28. The molecule has 1 aliphatic heterocycles. The first kappa shape index (κ1) is 21.8. The number of ether oxygens (including phenoxy) is 1. The van der Waals surface area contributed by atoms with Crippen molar-refractivity contribution in [1.82, 2.24) is 5.32 Å². The predicted molar refractivity (Wildman–Crippen MR) is 115 cm³/mol. The second-order valence-electron chi connectivity index (χ2n) is 6.43. The van der Waals surface area contributed by atoms with E-state index in [0.29, 0.717) is 16.2 Å². The van der Waals surface area contributed by atoms with Crippen molar-refractivity contribution in [1.29, 1.82) is 5.26 Å². The van der Waals surface area contributed by atoms with Crippen LogP contribution >= 0.6 is 23.1 Å². The smallest absolute Gasteiger partial charge is 0.355 e. The van der Waals surface area contributed by atoms with Crippen LogP contribution in [0.5, 0.6) is 0 Å². The first-order chi connectivity index (χ1) is 14.5. The van der Waals surface area contributed by atoms with Gasteiger partial charge < -0.3 is 10.1 Å². The van der Waals surface area contributed by atoms with Crippen LogP contribution in [0.25, 0.3) is 0 Å². The van der Waals surface area contributed by atoms with Crippen molar-refractivity contribution in [2.45, 2.75) is 19.8 Å². The molecule has 8 heteroatoms. The number of benzene rings is 1. The standard InChI is InChI=1S/C22H19FN2O3S2/c1-3-28-22(27)20-16(11-24)19(18-5-4-10-29-18)13(2)21(25-20)30-12-17(26)14-6-8-15(23)9-7-14/h4-10,19,25H,3,12H2,1-2H3. The number of nitrogens with zero attached hydrogens (tertiary/aromatic N) is 1. The molecule has 0 radical (unpaired) electrons. The van der Waals surface area contributed by atoms with Gasteiger partial charge >= 0.3 is 5.97 Å². The topological polar surface area (TPSA) is 79.2 Å². The number of ketones is 1. The van der Waals surface area contributed by atoms with Crippen molar-refractivity contribution < 1.29 is 18.7 Å². The molecule has 0 amide bonds. The van der Waals surface area contributed by atoms with Gasteiger partial charge in [-0.1, -0.05) is 6.07 Å². The van der Waals surface area contributed by atoms with Crippen molar-refractivity contribution in [3.05, 3.63) is 79.9 Å². The number of esters is 1. The van der Waals surface area contributed by atoms with Crippen LogP contribution in [0.15, 0.2) is 63.7 Å². The summed E-state index contributed by atoms with van der Waals surface area (Å²) >= 11 is 2.74. The number of Topliss-reactive ketones (excluding diaryl/α,β-unsaturated/α-hetero) is 1. The average molecular weight is 443 g/mol. The van der Waals surface area contributed by atoms with Crippen LogP contribution < -0.4 is 5.32 Å². The molecule has 154 valence electrons. The molecule has 0 aliphatic carbocycles. The molecule has 30 heavy (non-hydrogen) atoms. The van der Waals surface area contributed by atoms with Gasteiger partial charge in [-0.25, -0.2) is 9.18 Å². The highest BCUT2D eigenvalue weighted by molar-refractivity contribution is 8.03. The van der Waals surface area contributed by atoms with Gasteiger partial charge in [-0.15, -0.1) is 23.1 Å². The first-order valence-corrected chi connectivity index (χ1v) is 11.1. The maximum atomic E-state index is 13.1. The maximum Gasteiger partial charge on any atom is 0.355 e. The number of thiophene rings is 1. The van der Waals surface area contributed by atoms with E-state index in [1.54, 1.807) is 6.92 Å². The number of hydrogen-bond donors (Lipinski definition) is 1. The molecule has 1 aromatic carbocycles. The second-order valence-corrected chi connectivity index (χ2v) is 8.39. The molecular formula is C22H19FN2O3S2.